The number of rotatable bonds is 3. The smallest absolute Gasteiger partial charge is 0.342 e. The standard InChI is InChI=1S/C7H13N2O.Li/c1-3-10-7-9-5-4-8(2)6-9;/h4-6H,3,7H2,1-2H3;/q2*+1. The molecule has 4 heteroatoms. The molecule has 56 valence electrons. The van der Waals surface area contributed by atoms with Crippen molar-refractivity contribution in [1.82, 2.24) is 4.57 Å². The number of aromatic nitrogens is 2. The predicted octanol–water partition coefficient (Wildman–Crippen LogP) is -2.69. The molecule has 0 saturated heterocycles. The summed E-state index contributed by atoms with van der Waals surface area (Å²) in [6, 6.07) is 0. The second-order valence-corrected chi connectivity index (χ2v) is 2.22. The Morgan fingerprint density at radius 1 is 1.55 bits per heavy atom. The van der Waals surface area contributed by atoms with E-state index in [9.17, 15) is 0 Å². The van der Waals surface area contributed by atoms with Crippen LogP contribution in [-0.4, -0.2) is 11.2 Å². The normalized spacial score (nSPS) is 9.27. The van der Waals surface area contributed by atoms with Gasteiger partial charge >= 0.3 is 18.9 Å². The van der Waals surface area contributed by atoms with Gasteiger partial charge in [0.15, 0.2) is 6.73 Å². The van der Waals surface area contributed by atoms with Crippen molar-refractivity contribution in [2.75, 3.05) is 6.61 Å². The van der Waals surface area contributed by atoms with Gasteiger partial charge in [0.05, 0.1) is 7.05 Å². The van der Waals surface area contributed by atoms with Crippen LogP contribution in [0, 0.1) is 0 Å². The summed E-state index contributed by atoms with van der Waals surface area (Å²) in [5.41, 5.74) is 0. The summed E-state index contributed by atoms with van der Waals surface area (Å²) in [4.78, 5) is 0. The van der Waals surface area contributed by atoms with Gasteiger partial charge in [0.2, 0.25) is 6.33 Å². The molecule has 1 rings (SSSR count). The molecule has 11 heavy (non-hydrogen) atoms. The van der Waals surface area contributed by atoms with Gasteiger partial charge < -0.3 is 4.74 Å². The number of imidazole rings is 1. The Hall–Kier alpha value is -0.233. The van der Waals surface area contributed by atoms with Crippen molar-refractivity contribution in [1.29, 1.82) is 0 Å². The first-order valence-corrected chi connectivity index (χ1v) is 3.41. The van der Waals surface area contributed by atoms with Crippen molar-refractivity contribution in [3.8, 4) is 0 Å². The number of nitrogens with zero attached hydrogens (tertiary/aromatic N) is 2. The topological polar surface area (TPSA) is 18.0 Å². The summed E-state index contributed by atoms with van der Waals surface area (Å²) in [6.45, 7) is 3.41. The number of aryl methyl sites for hydroxylation is 1. The molecule has 3 nitrogen and oxygen atoms in total. The Kier molecular flexibility index (Phi) is 5.31. The van der Waals surface area contributed by atoms with Crippen molar-refractivity contribution < 1.29 is 28.2 Å². The second-order valence-electron chi connectivity index (χ2n) is 2.22. The maximum Gasteiger partial charge on any atom is 1.00 e. The van der Waals surface area contributed by atoms with E-state index in [0.29, 0.717) is 6.73 Å². The first-order chi connectivity index (χ1) is 4.83. The third-order valence-corrected chi connectivity index (χ3v) is 1.27. The minimum Gasteiger partial charge on any atom is -0.342 e. The van der Waals surface area contributed by atoms with E-state index >= 15 is 0 Å². The summed E-state index contributed by atoms with van der Waals surface area (Å²) < 4.78 is 9.16. The van der Waals surface area contributed by atoms with E-state index in [1.54, 1.807) is 0 Å². The molecule has 0 N–H and O–H groups in total. The van der Waals surface area contributed by atoms with E-state index in [2.05, 4.69) is 0 Å². The molecule has 0 atom stereocenters. The molecule has 0 spiro atoms. The number of hydrogen-bond donors (Lipinski definition) is 0. The summed E-state index contributed by atoms with van der Waals surface area (Å²) in [5, 5.41) is 0. The predicted molar refractivity (Wildman–Crippen MR) is 37.2 cm³/mol. The van der Waals surface area contributed by atoms with Crippen LogP contribution in [0.1, 0.15) is 6.92 Å². The van der Waals surface area contributed by atoms with Gasteiger partial charge in [-0.3, -0.25) is 0 Å². The van der Waals surface area contributed by atoms with Crippen molar-refractivity contribution in [3.05, 3.63) is 18.7 Å². The Bertz CT molecular complexity index is 200. The zero-order valence-electron chi connectivity index (χ0n) is 7.45. The van der Waals surface area contributed by atoms with E-state index in [4.69, 9.17) is 4.74 Å². The average Bonchev–Trinajstić information content (AvgIpc) is 2.31. The van der Waals surface area contributed by atoms with Crippen molar-refractivity contribution >= 4 is 0 Å². The summed E-state index contributed by atoms with van der Waals surface area (Å²) in [7, 11) is 1.99. The first kappa shape index (κ1) is 10.8. The maximum absolute atomic E-state index is 5.18. The zero-order valence-corrected chi connectivity index (χ0v) is 7.45. The van der Waals surface area contributed by atoms with Crippen LogP contribution >= 0.6 is 0 Å². The largest absolute Gasteiger partial charge is 1.00 e. The van der Waals surface area contributed by atoms with Crippen LogP contribution in [0.15, 0.2) is 18.7 Å². The third kappa shape index (κ3) is 3.62. The molecule has 1 aromatic heterocycles. The van der Waals surface area contributed by atoms with Crippen LogP contribution in [0.5, 0.6) is 0 Å². The molecule has 0 radical (unpaired) electrons. The Balaban J connectivity index is 0.000001000. The van der Waals surface area contributed by atoms with Crippen LogP contribution in [0.4, 0.5) is 0 Å². The van der Waals surface area contributed by atoms with Gasteiger partial charge in [-0.1, -0.05) is 0 Å². The van der Waals surface area contributed by atoms with E-state index in [1.807, 2.05) is 41.8 Å². The molecule has 0 aliphatic rings. The minimum atomic E-state index is 0. The van der Waals surface area contributed by atoms with Gasteiger partial charge in [-0.15, -0.1) is 0 Å². The SMILES string of the molecule is CCOCn1cc[n+](C)c1.[Li+]. The van der Waals surface area contributed by atoms with Gasteiger partial charge in [-0.25, -0.2) is 9.13 Å². The van der Waals surface area contributed by atoms with Gasteiger partial charge in [0, 0.05) is 6.61 Å². The molecule has 0 unspecified atom stereocenters. The maximum atomic E-state index is 5.18. The zero-order chi connectivity index (χ0) is 7.40. The van der Waals surface area contributed by atoms with E-state index in [-0.39, 0.29) is 18.9 Å². The van der Waals surface area contributed by atoms with Gasteiger partial charge in [-0.2, -0.15) is 0 Å². The fourth-order valence-electron chi connectivity index (χ4n) is 0.775. The average molecular weight is 148 g/mol. The van der Waals surface area contributed by atoms with Gasteiger partial charge in [-0.05, 0) is 6.92 Å². The quantitative estimate of drug-likeness (QED) is 0.337. The molecule has 0 saturated carbocycles. The Morgan fingerprint density at radius 3 is 2.73 bits per heavy atom. The molecule has 0 aliphatic carbocycles. The molecular weight excluding hydrogens is 135 g/mol. The van der Waals surface area contributed by atoms with Crippen LogP contribution in [0.2, 0.25) is 0 Å². The number of ether oxygens (including phenoxy) is 1. The fourth-order valence-corrected chi connectivity index (χ4v) is 0.775. The van der Waals surface area contributed by atoms with Crippen molar-refractivity contribution in [2.24, 2.45) is 7.05 Å². The van der Waals surface area contributed by atoms with Gasteiger partial charge in [0.25, 0.3) is 0 Å². The fraction of sp³-hybridized carbons (Fsp3) is 0.571. The van der Waals surface area contributed by atoms with E-state index in [0.717, 1.165) is 6.61 Å². The van der Waals surface area contributed by atoms with Crippen LogP contribution in [-0.2, 0) is 18.5 Å². The van der Waals surface area contributed by atoms with Crippen molar-refractivity contribution in [2.45, 2.75) is 13.7 Å². The second kappa shape index (κ2) is 5.42. The Morgan fingerprint density at radius 2 is 2.27 bits per heavy atom. The van der Waals surface area contributed by atoms with Gasteiger partial charge in [0.1, 0.15) is 12.4 Å². The third-order valence-electron chi connectivity index (χ3n) is 1.27. The van der Waals surface area contributed by atoms with Crippen molar-refractivity contribution in [3.63, 3.8) is 0 Å². The van der Waals surface area contributed by atoms with Crippen LogP contribution in [0.25, 0.3) is 0 Å². The van der Waals surface area contributed by atoms with E-state index in [1.165, 1.54) is 0 Å². The van der Waals surface area contributed by atoms with Crippen LogP contribution in [0.3, 0.4) is 0 Å². The molecule has 0 aliphatic heterocycles. The number of hydrogen-bond acceptors (Lipinski definition) is 1. The minimum absolute atomic E-state index is 0. The Labute approximate surface area is 79.2 Å². The van der Waals surface area contributed by atoms with Crippen LogP contribution < -0.4 is 23.4 Å². The summed E-state index contributed by atoms with van der Waals surface area (Å²) in [6.07, 6.45) is 5.95. The first-order valence-electron chi connectivity index (χ1n) is 3.41. The molecule has 0 fully saturated rings. The molecule has 0 amide bonds. The molecular formula is C7H13LiN2O+2. The summed E-state index contributed by atoms with van der Waals surface area (Å²) >= 11 is 0. The monoisotopic (exact) mass is 148 g/mol. The molecule has 1 aromatic rings. The molecule has 0 bridgehead atoms. The summed E-state index contributed by atoms with van der Waals surface area (Å²) in [5.74, 6) is 0. The molecule has 0 aromatic carbocycles. The van der Waals surface area contributed by atoms with E-state index < -0.39 is 0 Å². The molecule has 1 heterocycles.